The minimum Gasteiger partial charge on any atom is -0.462 e. The topological polar surface area (TPSA) is 186 Å². The fourth-order valence-corrected chi connectivity index (χ4v) is 7.51. The normalized spacial score (nSPS) is 20.4. The highest BCUT2D eigenvalue weighted by molar-refractivity contribution is 7.85. The van der Waals surface area contributed by atoms with Crippen LogP contribution in [0.1, 0.15) is 181 Å². The summed E-state index contributed by atoms with van der Waals surface area (Å²) in [6.07, 6.45) is 38.3. The molecule has 0 spiro atoms. The van der Waals surface area contributed by atoms with Crippen molar-refractivity contribution < 1.29 is 56.8 Å². The van der Waals surface area contributed by atoms with E-state index in [0.29, 0.717) is 12.8 Å². The van der Waals surface area contributed by atoms with E-state index >= 15 is 0 Å². The summed E-state index contributed by atoms with van der Waals surface area (Å²) in [5, 5.41) is 30.9. The van der Waals surface area contributed by atoms with E-state index in [-0.39, 0.29) is 19.4 Å². The Morgan fingerprint density at radius 1 is 0.548 bits per heavy atom. The van der Waals surface area contributed by atoms with Crippen LogP contribution in [0.2, 0.25) is 0 Å². The molecule has 0 radical (unpaired) electrons. The highest BCUT2D eigenvalue weighted by Gasteiger charge is 2.46. The smallest absolute Gasteiger partial charge is 0.306 e. The van der Waals surface area contributed by atoms with Crippen LogP contribution in [-0.4, -0.2) is 96.0 Å². The van der Waals surface area contributed by atoms with Gasteiger partial charge in [-0.15, -0.1) is 0 Å². The van der Waals surface area contributed by atoms with Crippen LogP contribution < -0.4 is 0 Å². The van der Waals surface area contributed by atoms with Gasteiger partial charge in [-0.05, 0) is 77.0 Å². The van der Waals surface area contributed by atoms with Crippen LogP contribution in [0.4, 0.5) is 0 Å². The van der Waals surface area contributed by atoms with Crippen molar-refractivity contribution in [2.75, 3.05) is 19.0 Å². The summed E-state index contributed by atoms with van der Waals surface area (Å²) in [6.45, 7) is 3.68. The molecular formula is C49H84O12S. The van der Waals surface area contributed by atoms with Gasteiger partial charge in [0.05, 0.1) is 6.61 Å². The second-order valence-electron chi connectivity index (χ2n) is 16.4. The fourth-order valence-electron chi connectivity index (χ4n) is 6.82. The van der Waals surface area contributed by atoms with Crippen molar-refractivity contribution in [3.05, 3.63) is 60.8 Å². The van der Waals surface area contributed by atoms with E-state index < -0.39 is 71.2 Å². The summed E-state index contributed by atoms with van der Waals surface area (Å²) in [5.41, 5.74) is 0. The van der Waals surface area contributed by atoms with Crippen molar-refractivity contribution in [1.29, 1.82) is 0 Å². The number of aliphatic hydroxyl groups is 3. The first-order chi connectivity index (χ1) is 30.0. The predicted octanol–water partition coefficient (Wildman–Crippen LogP) is 10.1. The van der Waals surface area contributed by atoms with Crippen molar-refractivity contribution in [3.8, 4) is 0 Å². The molecule has 4 N–H and O–H groups in total. The third-order valence-corrected chi connectivity index (χ3v) is 11.3. The Morgan fingerprint density at radius 3 is 1.52 bits per heavy atom. The third kappa shape index (κ3) is 32.9. The van der Waals surface area contributed by atoms with Crippen molar-refractivity contribution in [2.24, 2.45) is 0 Å². The maximum Gasteiger partial charge on any atom is 0.306 e. The Bertz CT molecular complexity index is 1370. The first-order valence-electron chi connectivity index (χ1n) is 23.8. The van der Waals surface area contributed by atoms with Gasteiger partial charge in [-0.3, -0.25) is 14.1 Å². The lowest BCUT2D eigenvalue weighted by Crippen LogP contribution is -2.60. The molecule has 0 saturated carbocycles. The Labute approximate surface area is 375 Å². The highest BCUT2D eigenvalue weighted by Crippen LogP contribution is 2.24. The van der Waals surface area contributed by atoms with Crippen LogP contribution in [-0.2, 0) is 38.7 Å². The molecule has 358 valence electrons. The highest BCUT2D eigenvalue weighted by atomic mass is 32.2. The summed E-state index contributed by atoms with van der Waals surface area (Å²) in [5.74, 6) is -2.03. The number of unbranched alkanes of at least 4 members (excludes halogenated alkanes) is 17. The van der Waals surface area contributed by atoms with Gasteiger partial charge in [0.25, 0.3) is 10.1 Å². The number of hydrogen-bond acceptors (Lipinski definition) is 11. The number of carbonyl (C=O) groups is 2. The van der Waals surface area contributed by atoms with Crippen molar-refractivity contribution in [2.45, 2.75) is 218 Å². The Morgan fingerprint density at radius 2 is 0.984 bits per heavy atom. The molecule has 1 saturated heterocycles. The first-order valence-corrected chi connectivity index (χ1v) is 25.5. The van der Waals surface area contributed by atoms with Crippen molar-refractivity contribution in [3.63, 3.8) is 0 Å². The van der Waals surface area contributed by atoms with Crippen LogP contribution >= 0.6 is 0 Å². The average Bonchev–Trinajstić information content (AvgIpc) is 3.24. The largest absolute Gasteiger partial charge is 0.462 e. The van der Waals surface area contributed by atoms with Gasteiger partial charge in [0.2, 0.25) is 0 Å². The minimum absolute atomic E-state index is 0.124. The molecule has 6 atom stereocenters. The molecule has 1 aliphatic heterocycles. The molecule has 0 aromatic heterocycles. The summed E-state index contributed by atoms with van der Waals surface area (Å²) in [7, 11) is -4.61. The molecule has 0 aromatic carbocycles. The lowest BCUT2D eigenvalue weighted by molar-refractivity contribution is -0.297. The molecule has 12 nitrogen and oxygen atoms in total. The monoisotopic (exact) mass is 897 g/mol. The first kappa shape index (κ1) is 57.4. The van der Waals surface area contributed by atoms with Gasteiger partial charge in [0, 0.05) is 12.8 Å². The Kier molecular flexibility index (Phi) is 35.9. The number of rotatable bonds is 39. The van der Waals surface area contributed by atoms with E-state index in [2.05, 4.69) is 74.6 Å². The Hall–Kier alpha value is -2.65. The SMILES string of the molecule is CCCC/C=C/CCCCCCCCCCCC(=O)OC[C@H](CO[C@H]1O[C@H](CS(=O)(=O)O)[C@@H](O)C(O)C1O)OC(=O)CCCCC/C=C/C/C=C/C/C=C/C/C=C/CCCCC. The summed E-state index contributed by atoms with van der Waals surface area (Å²) in [6, 6.07) is 0. The number of aliphatic hydroxyl groups excluding tert-OH is 3. The second-order valence-corrected chi connectivity index (χ2v) is 17.9. The van der Waals surface area contributed by atoms with E-state index in [1.807, 2.05) is 0 Å². The molecule has 1 rings (SSSR count). The van der Waals surface area contributed by atoms with Gasteiger partial charge < -0.3 is 34.3 Å². The van der Waals surface area contributed by atoms with E-state index in [0.717, 1.165) is 70.6 Å². The molecule has 13 heteroatoms. The van der Waals surface area contributed by atoms with Gasteiger partial charge >= 0.3 is 11.9 Å². The number of esters is 2. The zero-order valence-corrected chi connectivity index (χ0v) is 39.0. The molecule has 0 aliphatic carbocycles. The third-order valence-electron chi connectivity index (χ3n) is 10.6. The number of carbonyl (C=O) groups excluding carboxylic acids is 2. The maximum atomic E-state index is 12.8. The van der Waals surface area contributed by atoms with Gasteiger partial charge in [-0.25, -0.2) is 0 Å². The zero-order valence-electron chi connectivity index (χ0n) is 38.2. The maximum absolute atomic E-state index is 12.8. The average molecular weight is 897 g/mol. The molecule has 1 heterocycles. The van der Waals surface area contributed by atoms with E-state index in [9.17, 15) is 37.9 Å². The lowest BCUT2D eigenvalue weighted by atomic mass is 10.00. The molecule has 2 unspecified atom stereocenters. The molecule has 0 aromatic rings. The van der Waals surface area contributed by atoms with Crippen LogP contribution in [0.3, 0.4) is 0 Å². The fraction of sp³-hybridized carbons (Fsp3) is 0.755. The minimum atomic E-state index is -4.61. The molecule has 62 heavy (non-hydrogen) atoms. The van der Waals surface area contributed by atoms with Crippen LogP contribution in [0.15, 0.2) is 60.8 Å². The molecular weight excluding hydrogens is 813 g/mol. The van der Waals surface area contributed by atoms with Crippen molar-refractivity contribution in [1.82, 2.24) is 0 Å². The van der Waals surface area contributed by atoms with Gasteiger partial charge in [0.1, 0.15) is 36.8 Å². The predicted molar refractivity (Wildman–Crippen MR) is 247 cm³/mol. The van der Waals surface area contributed by atoms with Crippen LogP contribution in [0.5, 0.6) is 0 Å². The number of ether oxygens (including phenoxy) is 4. The van der Waals surface area contributed by atoms with Gasteiger partial charge in [-0.1, -0.05) is 152 Å². The molecule has 0 bridgehead atoms. The van der Waals surface area contributed by atoms with E-state index in [4.69, 9.17) is 18.9 Å². The Balaban J connectivity index is 2.46. The van der Waals surface area contributed by atoms with E-state index in [1.165, 1.54) is 70.6 Å². The molecule has 0 amide bonds. The van der Waals surface area contributed by atoms with Crippen molar-refractivity contribution >= 4 is 22.1 Å². The summed E-state index contributed by atoms with van der Waals surface area (Å²) < 4.78 is 54.1. The quantitative estimate of drug-likeness (QED) is 0.0198. The number of hydrogen-bond donors (Lipinski definition) is 4. The molecule has 1 fully saturated rings. The van der Waals surface area contributed by atoms with Crippen LogP contribution in [0, 0.1) is 0 Å². The zero-order chi connectivity index (χ0) is 45.5. The standard InChI is InChI=1S/C49H84O12S/c1-3-5-7-9-11-13-15-17-19-20-21-22-24-26-28-30-32-34-36-38-45(51)60-42(40-59-49-48(54)47(53)46(52)43(61-49)41-62(55,56)57)39-58-44(50)37-35-33-31-29-27-25-23-18-16-14-12-10-8-6-4-2/h10-13,17,19,21-22,26,28,42-43,46-49,52-54H,3-9,14-16,18,20,23-25,27,29-41H2,1-2H3,(H,55,56,57)/b12-10+,13-11+,19-17+,22-21+,28-26+/t42-,43-,46-,47?,48?,49+/m1/s1. The summed E-state index contributed by atoms with van der Waals surface area (Å²) >= 11 is 0. The molecule has 1 aliphatic rings. The second kappa shape index (κ2) is 38.8. The van der Waals surface area contributed by atoms with E-state index in [1.54, 1.807) is 0 Å². The lowest BCUT2D eigenvalue weighted by Gasteiger charge is -2.40. The summed E-state index contributed by atoms with van der Waals surface area (Å²) in [4.78, 5) is 25.4. The van der Waals surface area contributed by atoms with Gasteiger partial charge in [-0.2, -0.15) is 8.42 Å². The number of allylic oxidation sites excluding steroid dienone is 10. The van der Waals surface area contributed by atoms with Gasteiger partial charge in [0.15, 0.2) is 12.4 Å². The van der Waals surface area contributed by atoms with Crippen LogP contribution in [0.25, 0.3) is 0 Å².